The Bertz CT molecular complexity index is 533. The average Bonchev–Trinajstić information content (AvgIpc) is 2.46. The molecule has 1 aliphatic carbocycles. The van der Waals surface area contributed by atoms with Crippen molar-refractivity contribution in [3.63, 3.8) is 0 Å². The fraction of sp³-hybridized carbons (Fsp3) is 0.400. The van der Waals surface area contributed by atoms with Crippen molar-refractivity contribution in [2.75, 3.05) is 0 Å². The maximum Gasteiger partial charge on any atom is 0.306 e. The van der Waals surface area contributed by atoms with Gasteiger partial charge in [-0.2, -0.15) is 0 Å². The van der Waals surface area contributed by atoms with Crippen LogP contribution < -0.4 is 4.84 Å². The number of benzene rings is 1. The van der Waals surface area contributed by atoms with Crippen molar-refractivity contribution in [2.45, 2.75) is 32.6 Å². The van der Waals surface area contributed by atoms with Crippen LogP contribution in [0.4, 0.5) is 0 Å². The number of carboxylic acid groups (broad SMARTS) is 1. The van der Waals surface area contributed by atoms with Gasteiger partial charge < -0.3 is 9.94 Å². The van der Waals surface area contributed by atoms with Crippen molar-refractivity contribution >= 4 is 17.5 Å². The highest BCUT2D eigenvalue weighted by molar-refractivity contribution is 5.94. The molecule has 0 aliphatic heterocycles. The van der Waals surface area contributed by atoms with E-state index in [0.717, 1.165) is 18.6 Å². The lowest BCUT2D eigenvalue weighted by molar-refractivity contribution is -0.141. The molecule has 1 atom stereocenters. The molecule has 1 aliphatic rings. The standard InChI is InChI=1S/C15H17NO4/c1-10(17)11-5-7-14(8-6-11)20-16-13-4-2-3-12(9-13)15(18)19/h5-8,12H,2-4,9H2,1H3,(H,18,19). The largest absolute Gasteiger partial charge is 0.481 e. The van der Waals surface area contributed by atoms with Gasteiger partial charge in [0.15, 0.2) is 11.5 Å². The molecule has 5 nitrogen and oxygen atoms in total. The molecule has 0 saturated heterocycles. The molecule has 0 amide bonds. The molecule has 1 aromatic carbocycles. The first-order valence-electron chi connectivity index (χ1n) is 6.63. The Morgan fingerprint density at radius 1 is 1.30 bits per heavy atom. The average molecular weight is 275 g/mol. The monoisotopic (exact) mass is 275 g/mol. The number of oxime groups is 1. The lowest BCUT2D eigenvalue weighted by Crippen LogP contribution is -2.22. The lowest BCUT2D eigenvalue weighted by atomic mass is 9.88. The third-order valence-electron chi connectivity index (χ3n) is 3.39. The number of carbonyl (C=O) groups is 2. The minimum Gasteiger partial charge on any atom is -0.481 e. The van der Waals surface area contributed by atoms with Gasteiger partial charge in [-0.15, -0.1) is 0 Å². The first kappa shape index (κ1) is 14.2. The van der Waals surface area contributed by atoms with Crippen molar-refractivity contribution in [1.82, 2.24) is 0 Å². The van der Waals surface area contributed by atoms with Gasteiger partial charge in [0, 0.05) is 12.0 Å². The van der Waals surface area contributed by atoms with E-state index in [4.69, 9.17) is 9.94 Å². The van der Waals surface area contributed by atoms with Crippen LogP contribution >= 0.6 is 0 Å². The van der Waals surface area contributed by atoms with Crippen LogP contribution in [-0.4, -0.2) is 22.6 Å². The number of ketones is 1. The summed E-state index contributed by atoms with van der Waals surface area (Å²) >= 11 is 0. The molecule has 1 unspecified atom stereocenters. The quantitative estimate of drug-likeness (QED) is 0.677. The molecule has 0 aromatic heterocycles. The Labute approximate surface area is 117 Å². The van der Waals surface area contributed by atoms with E-state index in [1.165, 1.54) is 6.92 Å². The first-order valence-corrected chi connectivity index (χ1v) is 6.63. The Morgan fingerprint density at radius 2 is 2.00 bits per heavy atom. The molecule has 1 fully saturated rings. The van der Waals surface area contributed by atoms with Gasteiger partial charge in [0.25, 0.3) is 0 Å². The molecule has 106 valence electrons. The summed E-state index contributed by atoms with van der Waals surface area (Å²) in [6.07, 6.45) is 2.74. The van der Waals surface area contributed by atoms with Crippen LogP contribution in [0.2, 0.25) is 0 Å². The van der Waals surface area contributed by atoms with E-state index in [-0.39, 0.29) is 11.7 Å². The molecule has 0 heterocycles. The summed E-state index contributed by atoms with van der Waals surface area (Å²) in [5.41, 5.74) is 1.40. The summed E-state index contributed by atoms with van der Waals surface area (Å²) in [7, 11) is 0. The Kier molecular flexibility index (Phi) is 4.50. The summed E-state index contributed by atoms with van der Waals surface area (Å²) < 4.78 is 0. The minimum absolute atomic E-state index is 0.000515. The van der Waals surface area contributed by atoms with E-state index in [1.54, 1.807) is 24.3 Å². The van der Waals surface area contributed by atoms with Crippen LogP contribution in [0.1, 0.15) is 43.0 Å². The van der Waals surface area contributed by atoms with E-state index in [0.29, 0.717) is 24.2 Å². The zero-order valence-corrected chi connectivity index (χ0v) is 11.3. The summed E-state index contributed by atoms with van der Waals surface area (Å²) in [5, 5.41) is 13.0. The fourth-order valence-electron chi connectivity index (χ4n) is 2.20. The highest BCUT2D eigenvalue weighted by Gasteiger charge is 2.24. The van der Waals surface area contributed by atoms with Gasteiger partial charge in [-0.3, -0.25) is 9.59 Å². The number of carboxylic acids is 1. The predicted molar refractivity (Wildman–Crippen MR) is 74.1 cm³/mol. The molecular formula is C15H17NO4. The molecule has 0 radical (unpaired) electrons. The van der Waals surface area contributed by atoms with Crippen molar-refractivity contribution in [3.8, 4) is 5.75 Å². The molecule has 20 heavy (non-hydrogen) atoms. The van der Waals surface area contributed by atoms with Crippen LogP contribution in [0, 0.1) is 5.92 Å². The van der Waals surface area contributed by atoms with Crippen molar-refractivity contribution in [2.24, 2.45) is 11.1 Å². The molecule has 1 aromatic rings. The fourth-order valence-corrected chi connectivity index (χ4v) is 2.20. The van der Waals surface area contributed by atoms with E-state index in [1.807, 2.05) is 0 Å². The number of nitrogens with zero attached hydrogens (tertiary/aromatic N) is 1. The second kappa shape index (κ2) is 6.32. The topological polar surface area (TPSA) is 76.0 Å². The van der Waals surface area contributed by atoms with Gasteiger partial charge in [-0.25, -0.2) is 0 Å². The van der Waals surface area contributed by atoms with Gasteiger partial charge in [0.05, 0.1) is 11.6 Å². The van der Waals surface area contributed by atoms with Gasteiger partial charge in [0.2, 0.25) is 0 Å². The Morgan fingerprint density at radius 3 is 2.60 bits per heavy atom. The van der Waals surface area contributed by atoms with Crippen LogP contribution in [-0.2, 0) is 4.79 Å². The second-order valence-corrected chi connectivity index (χ2v) is 4.96. The Hall–Kier alpha value is -2.17. The molecule has 1 N–H and O–H groups in total. The van der Waals surface area contributed by atoms with E-state index < -0.39 is 5.97 Å². The summed E-state index contributed by atoms with van der Waals surface area (Å²) in [5.74, 6) is -0.589. The van der Waals surface area contributed by atoms with E-state index in [9.17, 15) is 9.59 Å². The molecule has 0 spiro atoms. The van der Waals surface area contributed by atoms with Crippen molar-refractivity contribution in [1.29, 1.82) is 0 Å². The summed E-state index contributed by atoms with van der Waals surface area (Å²) in [6.45, 7) is 1.50. The van der Waals surface area contributed by atoms with Crippen LogP contribution in [0.25, 0.3) is 0 Å². The molecule has 2 rings (SSSR count). The van der Waals surface area contributed by atoms with Crippen LogP contribution in [0.5, 0.6) is 5.75 Å². The third kappa shape index (κ3) is 3.66. The predicted octanol–water partition coefficient (Wildman–Crippen LogP) is 2.90. The molecule has 0 bridgehead atoms. The van der Waals surface area contributed by atoms with Gasteiger partial charge in [-0.1, -0.05) is 5.16 Å². The summed E-state index contributed by atoms with van der Waals surface area (Å²) in [6, 6.07) is 6.72. The SMILES string of the molecule is CC(=O)c1ccc(ON=C2CCCC(C(=O)O)C2)cc1. The molecular weight excluding hydrogens is 258 g/mol. The van der Waals surface area contributed by atoms with Crippen LogP contribution in [0.3, 0.4) is 0 Å². The molecule has 1 saturated carbocycles. The number of hydrogen-bond acceptors (Lipinski definition) is 4. The molecule has 5 heteroatoms. The maximum atomic E-state index is 11.1. The third-order valence-corrected chi connectivity index (χ3v) is 3.39. The number of hydrogen-bond donors (Lipinski definition) is 1. The zero-order valence-electron chi connectivity index (χ0n) is 11.3. The summed E-state index contributed by atoms with van der Waals surface area (Å²) in [4.78, 5) is 27.4. The van der Waals surface area contributed by atoms with Crippen molar-refractivity contribution < 1.29 is 19.5 Å². The maximum absolute atomic E-state index is 11.1. The number of rotatable bonds is 4. The van der Waals surface area contributed by atoms with E-state index >= 15 is 0 Å². The van der Waals surface area contributed by atoms with Gasteiger partial charge in [0.1, 0.15) is 0 Å². The Balaban J connectivity index is 1.98. The highest BCUT2D eigenvalue weighted by Crippen LogP contribution is 2.23. The van der Waals surface area contributed by atoms with E-state index in [2.05, 4.69) is 5.16 Å². The lowest BCUT2D eigenvalue weighted by Gasteiger charge is -2.18. The van der Waals surface area contributed by atoms with Gasteiger partial charge >= 0.3 is 5.97 Å². The number of aliphatic carboxylic acids is 1. The van der Waals surface area contributed by atoms with Crippen molar-refractivity contribution in [3.05, 3.63) is 29.8 Å². The van der Waals surface area contributed by atoms with Gasteiger partial charge in [-0.05, 0) is 50.5 Å². The zero-order chi connectivity index (χ0) is 14.5. The highest BCUT2D eigenvalue weighted by atomic mass is 16.6. The number of Topliss-reactive ketones (excluding diaryl/α,β-unsaturated/α-hetero) is 1. The second-order valence-electron chi connectivity index (χ2n) is 4.96. The van der Waals surface area contributed by atoms with Crippen LogP contribution in [0.15, 0.2) is 29.4 Å². The smallest absolute Gasteiger partial charge is 0.306 e. The minimum atomic E-state index is -0.775. The first-order chi connectivity index (χ1) is 9.56. The number of carbonyl (C=O) groups excluding carboxylic acids is 1. The normalized spacial score (nSPS) is 20.6.